The van der Waals surface area contributed by atoms with Crippen molar-refractivity contribution in [3.8, 4) is 11.5 Å². The van der Waals surface area contributed by atoms with E-state index in [0.29, 0.717) is 15.6 Å². The number of anilines is 1. The van der Waals surface area contributed by atoms with Crippen molar-refractivity contribution in [1.82, 2.24) is 10.2 Å². The van der Waals surface area contributed by atoms with Crippen LogP contribution in [0.2, 0.25) is 10.0 Å². The zero-order valence-electron chi connectivity index (χ0n) is 12.7. The number of nitrogens with one attached hydrogen (secondary N) is 1. The fraction of sp³-hybridized carbons (Fsp3) is 0.118. The van der Waals surface area contributed by atoms with Gasteiger partial charge in [-0.25, -0.2) is 0 Å². The van der Waals surface area contributed by atoms with Gasteiger partial charge in [0.05, 0.1) is 6.42 Å². The van der Waals surface area contributed by atoms with Crippen LogP contribution in [0.4, 0.5) is 6.01 Å². The molecule has 1 N–H and O–H groups in total. The molecule has 0 unspecified atom stereocenters. The number of hydrogen-bond acceptors (Lipinski definition) is 4. The van der Waals surface area contributed by atoms with Gasteiger partial charge in [0.2, 0.25) is 11.8 Å². The second kappa shape index (κ2) is 7.03. The number of aryl methyl sites for hydroxylation is 1. The fourth-order valence-corrected chi connectivity index (χ4v) is 2.65. The molecular weight excluding hydrogens is 349 g/mol. The number of carbonyl (C=O) groups excluding carboxylic acids is 1. The quantitative estimate of drug-likeness (QED) is 0.740. The standard InChI is InChI=1S/C17H13Cl2N3O2/c1-10-2-4-11(5-3-10)6-15(23)20-17-22-21-16(24-17)12-7-13(18)9-14(19)8-12/h2-5,7-9H,6H2,1H3,(H,20,22,23). The van der Waals surface area contributed by atoms with Crippen LogP contribution in [0.15, 0.2) is 46.9 Å². The van der Waals surface area contributed by atoms with Crippen LogP contribution in [-0.4, -0.2) is 16.1 Å². The van der Waals surface area contributed by atoms with E-state index >= 15 is 0 Å². The summed E-state index contributed by atoms with van der Waals surface area (Å²) in [6.45, 7) is 1.99. The Morgan fingerprint density at radius 3 is 2.42 bits per heavy atom. The zero-order valence-corrected chi connectivity index (χ0v) is 14.2. The van der Waals surface area contributed by atoms with Gasteiger partial charge in [0.1, 0.15) is 0 Å². The molecule has 0 aliphatic heterocycles. The molecule has 1 amide bonds. The highest BCUT2D eigenvalue weighted by Crippen LogP contribution is 2.27. The van der Waals surface area contributed by atoms with Crippen LogP contribution in [-0.2, 0) is 11.2 Å². The highest BCUT2D eigenvalue weighted by molar-refractivity contribution is 6.35. The number of rotatable bonds is 4. The molecule has 3 aromatic rings. The molecule has 1 aromatic heterocycles. The summed E-state index contributed by atoms with van der Waals surface area (Å²) in [6, 6.07) is 12.7. The van der Waals surface area contributed by atoms with Crippen molar-refractivity contribution in [3.63, 3.8) is 0 Å². The molecule has 3 rings (SSSR count). The molecule has 7 heteroatoms. The van der Waals surface area contributed by atoms with E-state index in [0.717, 1.165) is 11.1 Å². The van der Waals surface area contributed by atoms with Crippen LogP contribution >= 0.6 is 23.2 Å². The van der Waals surface area contributed by atoms with E-state index in [2.05, 4.69) is 15.5 Å². The third-order valence-corrected chi connectivity index (χ3v) is 3.70. The van der Waals surface area contributed by atoms with Crippen molar-refractivity contribution < 1.29 is 9.21 Å². The van der Waals surface area contributed by atoms with Crippen LogP contribution in [0.25, 0.3) is 11.5 Å². The van der Waals surface area contributed by atoms with Gasteiger partial charge in [0, 0.05) is 15.6 Å². The lowest BCUT2D eigenvalue weighted by Gasteiger charge is -2.02. The molecule has 0 radical (unpaired) electrons. The van der Waals surface area contributed by atoms with Gasteiger partial charge >= 0.3 is 6.01 Å². The molecule has 0 fully saturated rings. The molecule has 0 aliphatic carbocycles. The minimum Gasteiger partial charge on any atom is -0.403 e. The van der Waals surface area contributed by atoms with Crippen LogP contribution in [0.3, 0.4) is 0 Å². The van der Waals surface area contributed by atoms with Gasteiger partial charge in [0.15, 0.2) is 0 Å². The second-order valence-electron chi connectivity index (χ2n) is 5.28. The third kappa shape index (κ3) is 4.13. The molecule has 0 saturated heterocycles. The maximum Gasteiger partial charge on any atom is 0.322 e. The molecule has 0 saturated carbocycles. The summed E-state index contributed by atoms with van der Waals surface area (Å²) in [4.78, 5) is 12.0. The first-order valence-corrected chi connectivity index (χ1v) is 7.90. The number of halogens is 2. The van der Waals surface area contributed by atoms with Crippen molar-refractivity contribution in [1.29, 1.82) is 0 Å². The molecule has 2 aromatic carbocycles. The van der Waals surface area contributed by atoms with Crippen molar-refractivity contribution in [2.45, 2.75) is 13.3 Å². The third-order valence-electron chi connectivity index (χ3n) is 3.27. The van der Waals surface area contributed by atoms with Gasteiger partial charge in [-0.1, -0.05) is 58.1 Å². The zero-order chi connectivity index (χ0) is 17.1. The van der Waals surface area contributed by atoms with E-state index < -0.39 is 0 Å². The summed E-state index contributed by atoms with van der Waals surface area (Å²) in [5, 5.41) is 11.2. The van der Waals surface area contributed by atoms with Crippen molar-refractivity contribution in [3.05, 3.63) is 63.6 Å². The van der Waals surface area contributed by atoms with E-state index in [1.54, 1.807) is 18.2 Å². The summed E-state index contributed by atoms with van der Waals surface area (Å²) in [5.74, 6) is -0.0109. The summed E-state index contributed by atoms with van der Waals surface area (Å²) in [7, 11) is 0. The maximum atomic E-state index is 12.0. The van der Waals surface area contributed by atoms with Gasteiger partial charge in [-0.3, -0.25) is 10.1 Å². The molecule has 24 heavy (non-hydrogen) atoms. The first kappa shape index (κ1) is 16.5. The average molecular weight is 362 g/mol. The maximum absolute atomic E-state index is 12.0. The normalized spacial score (nSPS) is 10.6. The lowest BCUT2D eigenvalue weighted by molar-refractivity contribution is -0.115. The van der Waals surface area contributed by atoms with E-state index in [1.807, 2.05) is 31.2 Å². The Bertz CT molecular complexity index is 856. The first-order valence-electron chi connectivity index (χ1n) is 7.15. The number of carbonyl (C=O) groups is 1. The minimum absolute atomic E-state index is 0.0261. The monoisotopic (exact) mass is 361 g/mol. The predicted molar refractivity (Wildman–Crippen MR) is 93.3 cm³/mol. The second-order valence-corrected chi connectivity index (χ2v) is 6.15. The molecule has 122 valence electrons. The van der Waals surface area contributed by atoms with E-state index in [9.17, 15) is 4.79 Å². The number of nitrogens with zero attached hydrogens (tertiary/aromatic N) is 2. The molecule has 0 spiro atoms. The summed E-state index contributed by atoms with van der Waals surface area (Å²) in [6.07, 6.45) is 0.223. The van der Waals surface area contributed by atoms with Gasteiger partial charge in [0.25, 0.3) is 0 Å². The van der Waals surface area contributed by atoms with Crippen LogP contribution in [0.5, 0.6) is 0 Å². The number of amides is 1. The van der Waals surface area contributed by atoms with Gasteiger partial charge in [-0.15, -0.1) is 5.10 Å². The Labute approximate surface area is 148 Å². The molecule has 0 atom stereocenters. The lowest BCUT2D eigenvalue weighted by Crippen LogP contribution is -2.14. The summed E-state index contributed by atoms with van der Waals surface area (Å²) in [5.41, 5.74) is 2.62. The fourth-order valence-electron chi connectivity index (χ4n) is 2.12. The Hall–Kier alpha value is -2.37. The van der Waals surface area contributed by atoms with Crippen molar-refractivity contribution >= 4 is 35.1 Å². The summed E-state index contributed by atoms with van der Waals surface area (Å²) >= 11 is 11.9. The summed E-state index contributed by atoms with van der Waals surface area (Å²) < 4.78 is 5.44. The van der Waals surface area contributed by atoms with Gasteiger partial charge in [-0.2, -0.15) is 0 Å². The minimum atomic E-state index is -0.238. The number of hydrogen-bond donors (Lipinski definition) is 1. The van der Waals surface area contributed by atoms with Crippen LogP contribution in [0.1, 0.15) is 11.1 Å². The number of benzene rings is 2. The largest absolute Gasteiger partial charge is 0.403 e. The lowest BCUT2D eigenvalue weighted by atomic mass is 10.1. The highest BCUT2D eigenvalue weighted by Gasteiger charge is 2.13. The smallest absolute Gasteiger partial charge is 0.322 e. The average Bonchev–Trinajstić information content (AvgIpc) is 2.97. The molecule has 1 heterocycles. The van der Waals surface area contributed by atoms with Crippen molar-refractivity contribution in [2.75, 3.05) is 5.32 Å². The Morgan fingerprint density at radius 2 is 1.75 bits per heavy atom. The van der Waals surface area contributed by atoms with Crippen LogP contribution in [0, 0.1) is 6.92 Å². The Morgan fingerprint density at radius 1 is 1.08 bits per heavy atom. The van der Waals surface area contributed by atoms with Gasteiger partial charge < -0.3 is 4.42 Å². The van der Waals surface area contributed by atoms with E-state index in [4.69, 9.17) is 27.6 Å². The van der Waals surface area contributed by atoms with E-state index in [-0.39, 0.29) is 24.2 Å². The van der Waals surface area contributed by atoms with Gasteiger partial charge in [-0.05, 0) is 30.7 Å². The van der Waals surface area contributed by atoms with Crippen molar-refractivity contribution in [2.24, 2.45) is 0 Å². The first-order chi connectivity index (χ1) is 11.5. The molecule has 0 aliphatic rings. The predicted octanol–water partition coefficient (Wildman–Crippen LogP) is 4.53. The SMILES string of the molecule is Cc1ccc(CC(=O)Nc2nnc(-c3cc(Cl)cc(Cl)c3)o2)cc1. The highest BCUT2D eigenvalue weighted by atomic mass is 35.5. The molecule has 5 nitrogen and oxygen atoms in total. The van der Waals surface area contributed by atoms with E-state index in [1.165, 1.54) is 0 Å². The molecular formula is C17H13Cl2N3O2. The van der Waals surface area contributed by atoms with Crippen LogP contribution < -0.4 is 5.32 Å². The molecule has 0 bridgehead atoms. The number of aromatic nitrogens is 2. The Kier molecular flexibility index (Phi) is 4.83. The Balaban J connectivity index is 1.69. The topological polar surface area (TPSA) is 68.0 Å².